The fraction of sp³-hybridized carbons (Fsp3) is 0.320. The maximum Gasteiger partial charge on any atom is 0.119 e. The van der Waals surface area contributed by atoms with Crippen LogP contribution in [0.15, 0.2) is 73.1 Å². The molecule has 0 saturated carbocycles. The first-order valence-electron chi connectivity index (χ1n) is 10.5. The Morgan fingerprint density at radius 2 is 1.83 bits per heavy atom. The van der Waals surface area contributed by atoms with Crippen LogP contribution in [-0.4, -0.2) is 40.8 Å². The third kappa shape index (κ3) is 5.89. The number of β-amino-alcohol motifs (C(OH)–C–C–N with tert-alkyl or cyclic N) is 1. The van der Waals surface area contributed by atoms with Crippen LogP contribution in [0, 0.1) is 0 Å². The van der Waals surface area contributed by atoms with E-state index in [0.717, 1.165) is 49.5 Å². The van der Waals surface area contributed by atoms with Crippen molar-refractivity contribution >= 4 is 0 Å². The number of hydrogen-bond acceptors (Lipinski definition) is 5. The Labute approximate surface area is 178 Å². The smallest absolute Gasteiger partial charge is 0.119 e. The Morgan fingerprint density at radius 3 is 2.70 bits per heavy atom. The number of aliphatic hydroxyl groups excluding tert-OH is 1. The summed E-state index contributed by atoms with van der Waals surface area (Å²) in [6.45, 7) is 4.32. The predicted molar refractivity (Wildman–Crippen MR) is 118 cm³/mol. The molecule has 2 N–H and O–H groups in total. The maximum absolute atomic E-state index is 10.5. The summed E-state index contributed by atoms with van der Waals surface area (Å²) in [5, 5.41) is 13.9. The van der Waals surface area contributed by atoms with E-state index in [2.05, 4.69) is 51.6 Å². The Kier molecular flexibility index (Phi) is 7.08. The van der Waals surface area contributed by atoms with E-state index in [4.69, 9.17) is 4.74 Å². The van der Waals surface area contributed by atoms with Crippen LogP contribution in [0.25, 0.3) is 0 Å². The summed E-state index contributed by atoms with van der Waals surface area (Å²) in [5.74, 6) is 0.790. The molecule has 0 bridgehead atoms. The molecule has 2 aromatic carbocycles. The molecular formula is C25H29N3O2. The highest BCUT2D eigenvalue weighted by molar-refractivity contribution is 5.29. The van der Waals surface area contributed by atoms with Gasteiger partial charge in [0.1, 0.15) is 18.5 Å². The molecule has 0 fully saturated rings. The largest absolute Gasteiger partial charge is 0.491 e. The molecule has 3 aromatic rings. The summed E-state index contributed by atoms with van der Waals surface area (Å²) in [7, 11) is 0. The minimum atomic E-state index is -0.511. The zero-order valence-corrected chi connectivity index (χ0v) is 17.2. The van der Waals surface area contributed by atoms with Gasteiger partial charge in [-0.2, -0.15) is 0 Å². The second-order valence-electron chi connectivity index (χ2n) is 7.83. The van der Waals surface area contributed by atoms with Gasteiger partial charge in [0.05, 0.1) is 0 Å². The third-order valence-electron chi connectivity index (χ3n) is 5.40. The van der Waals surface area contributed by atoms with E-state index in [0.29, 0.717) is 13.2 Å². The number of aliphatic hydroxyl groups is 1. The summed E-state index contributed by atoms with van der Waals surface area (Å²) in [5.41, 5.74) is 5.10. The molecule has 4 rings (SSSR count). The second-order valence-corrected chi connectivity index (χ2v) is 7.83. The average molecular weight is 404 g/mol. The van der Waals surface area contributed by atoms with Crippen LogP contribution < -0.4 is 10.1 Å². The van der Waals surface area contributed by atoms with Gasteiger partial charge in [0.15, 0.2) is 0 Å². The number of hydrogen-bond donors (Lipinski definition) is 2. The molecule has 5 heteroatoms. The van der Waals surface area contributed by atoms with Crippen molar-refractivity contribution in [3.05, 3.63) is 95.3 Å². The zero-order chi connectivity index (χ0) is 20.6. The third-order valence-corrected chi connectivity index (χ3v) is 5.40. The van der Waals surface area contributed by atoms with Gasteiger partial charge < -0.3 is 15.2 Å². The molecule has 30 heavy (non-hydrogen) atoms. The number of nitrogens with one attached hydrogen (secondary N) is 1. The Morgan fingerprint density at radius 1 is 1.00 bits per heavy atom. The second kappa shape index (κ2) is 10.3. The van der Waals surface area contributed by atoms with Crippen LogP contribution in [0.3, 0.4) is 0 Å². The number of pyridine rings is 1. The van der Waals surface area contributed by atoms with Crippen molar-refractivity contribution in [1.82, 2.24) is 15.2 Å². The van der Waals surface area contributed by atoms with Crippen molar-refractivity contribution in [3.63, 3.8) is 0 Å². The molecule has 0 aliphatic carbocycles. The van der Waals surface area contributed by atoms with Crippen LogP contribution in [-0.2, 0) is 26.1 Å². The summed E-state index contributed by atoms with van der Waals surface area (Å²) in [4.78, 5) is 6.43. The van der Waals surface area contributed by atoms with Gasteiger partial charge in [-0.1, -0.05) is 42.5 Å². The van der Waals surface area contributed by atoms with Gasteiger partial charge in [0.2, 0.25) is 0 Å². The maximum atomic E-state index is 10.5. The fourth-order valence-corrected chi connectivity index (χ4v) is 3.85. The number of rotatable bonds is 9. The Balaban J connectivity index is 1.21. The normalized spacial score (nSPS) is 14.8. The molecule has 1 atom stereocenters. The van der Waals surface area contributed by atoms with Gasteiger partial charge in [0, 0.05) is 45.1 Å². The minimum Gasteiger partial charge on any atom is -0.491 e. The van der Waals surface area contributed by atoms with E-state index in [1.54, 1.807) is 6.20 Å². The standard InChI is InChI=1S/C25H29N3O2/c29-24(18-28-12-10-22-7-1-2-8-23(22)17-28)19-30-25-9-3-5-20(13-25)14-27-16-21-6-4-11-26-15-21/h1-9,11,13,15,24,27,29H,10,12,14,16-19H2/t24-/m1/s1. The van der Waals surface area contributed by atoms with Crippen LogP contribution in [0.2, 0.25) is 0 Å². The summed E-state index contributed by atoms with van der Waals surface area (Å²) in [6, 6.07) is 20.6. The average Bonchev–Trinajstić information content (AvgIpc) is 2.79. The van der Waals surface area contributed by atoms with Crippen molar-refractivity contribution in [1.29, 1.82) is 0 Å². The molecule has 1 aromatic heterocycles. The molecule has 1 aliphatic rings. The van der Waals surface area contributed by atoms with Gasteiger partial charge in [-0.15, -0.1) is 0 Å². The number of benzene rings is 2. The van der Waals surface area contributed by atoms with Crippen molar-refractivity contribution < 1.29 is 9.84 Å². The summed E-state index contributed by atoms with van der Waals surface area (Å²) >= 11 is 0. The molecule has 5 nitrogen and oxygen atoms in total. The lowest BCUT2D eigenvalue weighted by Gasteiger charge is -2.30. The molecular weight excluding hydrogens is 374 g/mol. The highest BCUT2D eigenvalue weighted by Gasteiger charge is 2.18. The zero-order valence-electron chi connectivity index (χ0n) is 17.2. The van der Waals surface area contributed by atoms with Gasteiger partial charge in [-0.05, 0) is 46.9 Å². The topological polar surface area (TPSA) is 57.6 Å². The molecule has 0 saturated heterocycles. The minimum absolute atomic E-state index is 0.296. The highest BCUT2D eigenvalue weighted by Crippen LogP contribution is 2.19. The first-order valence-corrected chi connectivity index (χ1v) is 10.5. The van der Waals surface area contributed by atoms with Crippen molar-refractivity contribution in [2.45, 2.75) is 32.2 Å². The van der Waals surface area contributed by atoms with Crippen molar-refractivity contribution in [3.8, 4) is 5.75 Å². The van der Waals surface area contributed by atoms with Crippen LogP contribution >= 0.6 is 0 Å². The van der Waals surface area contributed by atoms with E-state index >= 15 is 0 Å². The van der Waals surface area contributed by atoms with Gasteiger partial charge >= 0.3 is 0 Å². The lowest BCUT2D eigenvalue weighted by Crippen LogP contribution is -2.38. The Hall–Kier alpha value is -2.73. The lowest BCUT2D eigenvalue weighted by atomic mass is 10.00. The van der Waals surface area contributed by atoms with E-state index in [9.17, 15) is 5.11 Å². The van der Waals surface area contributed by atoms with Gasteiger partial charge in [-0.3, -0.25) is 9.88 Å². The number of ether oxygens (including phenoxy) is 1. The Bertz CT molecular complexity index is 932. The highest BCUT2D eigenvalue weighted by atomic mass is 16.5. The van der Waals surface area contributed by atoms with E-state index in [1.807, 2.05) is 30.5 Å². The van der Waals surface area contributed by atoms with E-state index in [1.165, 1.54) is 11.1 Å². The van der Waals surface area contributed by atoms with Crippen LogP contribution in [0.5, 0.6) is 5.75 Å². The first kappa shape index (κ1) is 20.5. The van der Waals surface area contributed by atoms with Crippen LogP contribution in [0.1, 0.15) is 22.3 Å². The molecule has 0 radical (unpaired) electrons. The summed E-state index contributed by atoms with van der Waals surface area (Å²) in [6.07, 6.45) is 4.18. The van der Waals surface area contributed by atoms with Crippen LogP contribution in [0.4, 0.5) is 0 Å². The number of nitrogens with zero attached hydrogens (tertiary/aromatic N) is 2. The number of fused-ring (bicyclic) bond motifs is 1. The van der Waals surface area contributed by atoms with Gasteiger partial charge in [-0.25, -0.2) is 0 Å². The molecule has 0 spiro atoms. The SMILES string of the molecule is O[C@@H](COc1cccc(CNCc2cccnc2)c1)CN1CCc2ccccc2C1. The monoisotopic (exact) mass is 403 g/mol. The summed E-state index contributed by atoms with van der Waals surface area (Å²) < 4.78 is 5.87. The first-order chi connectivity index (χ1) is 14.8. The molecule has 2 heterocycles. The quantitative estimate of drug-likeness (QED) is 0.575. The van der Waals surface area contributed by atoms with Crippen molar-refractivity contribution in [2.24, 2.45) is 0 Å². The van der Waals surface area contributed by atoms with Crippen molar-refractivity contribution in [2.75, 3.05) is 19.7 Å². The molecule has 156 valence electrons. The molecule has 0 amide bonds. The van der Waals surface area contributed by atoms with E-state index < -0.39 is 6.10 Å². The predicted octanol–water partition coefficient (Wildman–Crippen LogP) is 3.17. The van der Waals surface area contributed by atoms with E-state index in [-0.39, 0.29) is 0 Å². The fourth-order valence-electron chi connectivity index (χ4n) is 3.85. The van der Waals surface area contributed by atoms with Gasteiger partial charge in [0.25, 0.3) is 0 Å². The lowest BCUT2D eigenvalue weighted by molar-refractivity contribution is 0.0637. The molecule has 1 aliphatic heterocycles. The number of aromatic nitrogens is 1. The molecule has 0 unspecified atom stereocenters.